The number of halogens is 1. The first kappa shape index (κ1) is 21.3. The number of H-pyrrole nitrogens is 1. The molecule has 1 aromatic carbocycles. The fourth-order valence-corrected chi connectivity index (χ4v) is 4.25. The third-order valence-corrected chi connectivity index (χ3v) is 5.98. The van der Waals surface area contributed by atoms with Gasteiger partial charge in [-0.15, -0.1) is 0 Å². The van der Waals surface area contributed by atoms with Crippen LogP contribution < -0.4 is 11.0 Å². The molecule has 3 heterocycles. The van der Waals surface area contributed by atoms with E-state index in [1.165, 1.54) is 10.7 Å². The van der Waals surface area contributed by atoms with E-state index in [2.05, 4.69) is 15.4 Å². The van der Waals surface area contributed by atoms with Gasteiger partial charge in [0.25, 0.3) is 0 Å². The van der Waals surface area contributed by atoms with Gasteiger partial charge in [0.1, 0.15) is 11.6 Å². The maximum absolute atomic E-state index is 14.0. The molecule has 0 fully saturated rings. The van der Waals surface area contributed by atoms with Crippen molar-refractivity contribution in [1.82, 2.24) is 29.5 Å². The number of amides is 1. The zero-order valence-corrected chi connectivity index (χ0v) is 18.2. The van der Waals surface area contributed by atoms with E-state index in [1.54, 1.807) is 10.6 Å². The van der Waals surface area contributed by atoms with Crippen LogP contribution in [-0.4, -0.2) is 56.8 Å². The second kappa shape index (κ2) is 8.66. The highest BCUT2D eigenvalue weighted by Gasteiger charge is 2.23. The molecule has 0 aliphatic carbocycles. The molecule has 4 rings (SSSR count). The molecular formula is C22H29FN6O2. The minimum atomic E-state index is -0.318. The lowest BCUT2D eigenvalue weighted by atomic mass is 10.1. The van der Waals surface area contributed by atoms with E-state index < -0.39 is 0 Å². The summed E-state index contributed by atoms with van der Waals surface area (Å²) in [4.78, 5) is 30.4. The quantitative estimate of drug-likeness (QED) is 0.624. The number of fused-ring (bicyclic) bond motifs is 2. The Hall–Kier alpha value is -2.94. The molecule has 0 spiro atoms. The van der Waals surface area contributed by atoms with Crippen LogP contribution >= 0.6 is 0 Å². The molecule has 3 aromatic rings. The predicted molar refractivity (Wildman–Crippen MR) is 117 cm³/mol. The molecule has 1 atom stereocenters. The third kappa shape index (κ3) is 4.41. The van der Waals surface area contributed by atoms with E-state index in [9.17, 15) is 14.0 Å². The summed E-state index contributed by atoms with van der Waals surface area (Å²) in [7, 11) is 3.93. The molecule has 1 aliphatic rings. The van der Waals surface area contributed by atoms with Crippen molar-refractivity contribution in [3.63, 3.8) is 0 Å². The zero-order valence-electron chi connectivity index (χ0n) is 18.2. The number of aryl methyl sites for hydroxylation is 2. The number of carbonyl (C=O) groups excluding carboxylic acids is 1. The van der Waals surface area contributed by atoms with Crippen molar-refractivity contribution >= 4 is 16.8 Å². The number of para-hydroxylation sites is 1. The van der Waals surface area contributed by atoms with Gasteiger partial charge in [0.05, 0.1) is 18.5 Å². The summed E-state index contributed by atoms with van der Waals surface area (Å²) < 4.78 is 17.3. The van der Waals surface area contributed by atoms with Gasteiger partial charge in [-0.05, 0) is 45.5 Å². The van der Waals surface area contributed by atoms with Crippen molar-refractivity contribution in [1.29, 1.82) is 0 Å². The molecule has 0 saturated heterocycles. The second-order valence-corrected chi connectivity index (χ2v) is 8.54. The molecule has 31 heavy (non-hydrogen) atoms. The molecule has 2 aromatic heterocycles. The maximum Gasteiger partial charge on any atom is 0.345 e. The summed E-state index contributed by atoms with van der Waals surface area (Å²) in [6.07, 6.45) is 2.25. The molecule has 2 N–H and O–H groups in total. The number of hydrogen-bond acceptors (Lipinski definition) is 4. The van der Waals surface area contributed by atoms with Crippen LogP contribution in [0.15, 0.2) is 23.0 Å². The van der Waals surface area contributed by atoms with Crippen molar-refractivity contribution in [3.05, 3.63) is 51.6 Å². The highest BCUT2D eigenvalue weighted by Crippen LogP contribution is 2.24. The van der Waals surface area contributed by atoms with Gasteiger partial charge in [0.2, 0.25) is 5.91 Å². The zero-order chi connectivity index (χ0) is 22.1. The average Bonchev–Trinajstić information content (AvgIpc) is 3.11. The van der Waals surface area contributed by atoms with Gasteiger partial charge < -0.3 is 15.2 Å². The number of aromatic nitrogens is 4. The SMILES string of the molecule is Cc1[nH]c2c(F)cccc2c1CC(=O)NC1CCc2nn(CCN(C)C)c(=O)n2CC1. The number of benzene rings is 1. The summed E-state index contributed by atoms with van der Waals surface area (Å²) in [5.41, 5.74) is 1.97. The van der Waals surface area contributed by atoms with Crippen LogP contribution in [0.3, 0.4) is 0 Å². The lowest BCUT2D eigenvalue weighted by molar-refractivity contribution is -0.121. The van der Waals surface area contributed by atoms with Gasteiger partial charge in [-0.2, -0.15) is 5.10 Å². The van der Waals surface area contributed by atoms with Gasteiger partial charge in [-0.25, -0.2) is 13.9 Å². The summed E-state index contributed by atoms with van der Waals surface area (Å²) >= 11 is 0. The summed E-state index contributed by atoms with van der Waals surface area (Å²) in [5.74, 6) is 0.367. The molecular weight excluding hydrogens is 399 g/mol. The van der Waals surface area contributed by atoms with E-state index in [-0.39, 0.29) is 29.9 Å². The van der Waals surface area contributed by atoms with E-state index in [0.29, 0.717) is 31.4 Å². The summed E-state index contributed by atoms with van der Waals surface area (Å²) in [6, 6.07) is 4.87. The van der Waals surface area contributed by atoms with Gasteiger partial charge in [0, 0.05) is 36.6 Å². The number of rotatable bonds is 6. The number of nitrogens with one attached hydrogen (secondary N) is 2. The van der Waals surface area contributed by atoms with Crippen molar-refractivity contribution in [2.45, 2.75) is 51.7 Å². The standard InChI is InChI=1S/C22H29FN6O2/c1-14-17(16-5-4-6-18(23)21(16)24-14)13-20(30)25-15-7-8-19-26-29(12-11-27(2)3)22(31)28(19)10-9-15/h4-6,15,24H,7-13H2,1-3H3,(H,25,30). The number of carbonyl (C=O) groups is 1. The maximum atomic E-state index is 14.0. The van der Waals surface area contributed by atoms with Crippen LogP contribution in [-0.2, 0) is 30.7 Å². The van der Waals surface area contributed by atoms with Crippen molar-refractivity contribution < 1.29 is 9.18 Å². The van der Waals surface area contributed by atoms with Crippen molar-refractivity contribution in [2.75, 3.05) is 20.6 Å². The van der Waals surface area contributed by atoms with Crippen LogP contribution in [0.4, 0.5) is 4.39 Å². The van der Waals surface area contributed by atoms with Crippen LogP contribution in [0.5, 0.6) is 0 Å². The Morgan fingerprint density at radius 1 is 1.35 bits per heavy atom. The Labute approximate surface area is 180 Å². The van der Waals surface area contributed by atoms with Gasteiger partial charge in [0.15, 0.2) is 0 Å². The molecule has 0 radical (unpaired) electrons. The van der Waals surface area contributed by atoms with Gasteiger partial charge in [-0.1, -0.05) is 12.1 Å². The fraction of sp³-hybridized carbons (Fsp3) is 0.500. The van der Waals surface area contributed by atoms with Gasteiger partial charge in [-0.3, -0.25) is 9.36 Å². The van der Waals surface area contributed by atoms with Crippen molar-refractivity contribution in [3.8, 4) is 0 Å². The number of nitrogens with zero attached hydrogens (tertiary/aromatic N) is 4. The van der Waals surface area contributed by atoms with E-state index in [0.717, 1.165) is 35.4 Å². The second-order valence-electron chi connectivity index (χ2n) is 8.54. The topological polar surface area (TPSA) is 88.0 Å². The molecule has 1 aliphatic heterocycles. The molecule has 0 saturated carbocycles. The Morgan fingerprint density at radius 3 is 2.94 bits per heavy atom. The third-order valence-electron chi connectivity index (χ3n) is 5.98. The monoisotopic (exact) mass is 428 g/mol. The number of hydrogen-bond donors (Lipinski definition) is 2. The minimum Gasteiger partial charge on any atom is -0.356 e. The molecule has 1 unspecified atom stereocenters. The highest BCUT2D eigenvalue weighted by atomic mass is 19.1. The Kier molecular flexibility index (Phi) is 5.95. The highest BCUT2D eigenvalue weighted by molar-refractivity contribution is 5.90. The van der Waals surface area contributed by atoms with Gasteiger partial charge >= 0.3 is 5.69 Å². The van der Waals surface area contributed by atoms with Crippen LogP contribution in [0.2, 0.25) is 0 Å². The molecule has 0 bridgehead atoms. The first-order valence-electron chi connectivity index (χ1n) is 10.7. The first-order chi connectivity index (χ1) is 14.8. The lowest BCUT2D eigenvalue weighted by Crippen LogP contribution is -2.37. The van der Waals surface area contributed by atoms with E-state index >= 15 is 0 Å². The smallest absolute Gasteiger partial charge is 0.345 e. The van der Waals surface area contributed by atoms with Crippen LogP contribution in [0.1, 0.15) is 29.9 Å². The van der Waals surface area contributed by atoms with Crippen LogP contribution in [0, 0.1) is 12.7 Å². The van der Waals surface area contributed by atoms with E-state index in [1.807, 2.05) is 32.0 Å². The predicted octanol–water partition coefficient (Wildman–Crippen LogP) is 1.60. The van der Waals surface area contributed by atoms with E-state index in [4.69, 9.17) is 0 Å². The Balaban J connectivity index is 1.40. The number of aromatic amines is 1. The summed E-state index contributed by atoms with van der Waals surface area (Å²) in [5, 5.41) is 8.34. The fourth-order valence-electron chi connectivity index (χ4n) is 4.25. The minimum absolute atomic E-state index is 0.0222. The normalized spacial score (nSPS) is 16.5. The largest absolute Gasteiger partial charge is 0.356 e. The molecule has 166 valence electrons. The summed E-state index contributed by atoms with van der Waals surface area (Å²) in [6.45, 7) is 3.72. The Morgan fingerprint density at radius 2 is 2.16 bits per heavy atom. The molecule has 1 amide bonds. The Bertz CT molecular complexity index is 1160. The lowest BCUT2D eigenvalue weighted by Gasteiger charge is -2.16. The number of likely N-dealkylation sites (N-methyl/N-ethyl adjacent to an activating group) is 1. The molecule has 9 heteroatoms. The van der Waals surface area contributed by atoms with Crippen molar-refractivity contribution in [2.24, 2.45) is 0 Å². The molecule has 8 nitrogen and oxygen atoms in total. The van der Waals surface area contributed by atoms with Crippen LogP contribution in [0.25, 0.3) is 10.9 Å². The average molecular weight is 429 g/mol. The first-order valence-corrected chi connectivity index (χ1v) is 10.7.